The number of carbonyl (C=O) groups excluding carboxylic acids is 1. The molecule has 1 amide bonds. The van der Waals surface area contributed by atoms with E-state index >= 15 is 0 Å². The monoisotopic (exact) mass is 365 g/mol. The Morgan fingerprint density at radius 1 is 1.26 bits per heavy atom. The smallest absolute Gasteiger partial charge is 0.408 e. The molecule has 1 atom stereocenters. The largest absolute Gasteiger partial charge is 0.419 e. The first-order chi connectivity index (χ1) is 13.0. The second-order valence-corrected chi connectivity index (χ2v) is 7.22. The van der Waals surface area contributed by atoms with Gasteiger partial charge in [-0.1, -0.05) is 29.8 Å². The van der Waals surface area contributed by atoms with Crippen molar-refractivity contribution < 1.29 is 9.21 Å². The third-order valence-corrected chi connectivity index (χ3v) is 5.19. The molecule has 1 aliphatic rings. The number of hydrogen-bond acceptors (Lipinski definition) is 4. The van der Waals surface area contributed by atoms with Crippen LogP contribution in [0.25, 0.3) is 11.1 Å². The number of likely N-dealkylation sites (tertiary alicyclic amines) is 1. The molecule has 0 bridgehead atoms. The fourth-order valence-corrected chi connectivity index (χ4v) is 3.79. The van der Waals surface area contributed by atoms with Crippen LogP contribution in [0.15, 0.2) is 51.7 Å². The highest BCUT2D eigenvalue weighted by atomic mass is 16.4. The van der Waals surface area contributed by atoms with Crippen LogP contribution in [0.3, 0.4) is 0 Å². The summed E-state index contributed by atoms with van der Waals surface area (Å²) in [5.74, 6) is -0.425. The quantitative estimate of drug-likeness (QED) is 0.772. The van der Waals surface area contributed by atoms with Crippen LogP contribution in [-0.4, -0.2) is 28.0 Å². The molecule has 1 unspecified atom stereocenters. The molecule has 2 aromatic carbocycles. The molecule has 4 rings (SSSR count). The molecule has 3 aromatic rings. The van der Waals surface area contributed by atoms with Gasteiger partial charge in [0.25, 0.3) is 0 Å². The Morgan fingerprint density at radius 3 is 2.93 bits per heavy atom. The summed E-state index contributed by atoms with van der Waals surface area (Å²) in [5.41, 5.74) is 4.28. The van der Waals surface area contributed by atoms with E-state index in [1.807, 2.05) is 0 Å². The second-order valence-electron chi connectivity index (χ2n) is 7.22. The average Bonchev–Trinajstić information content (AvgIpc) is 3.20. The number of hydrogen-bond donors (Lipinski definition) is 1. The number of nitrogens with zero attached hydrogens (tertiary/aromatic N) is 2. The zero-order valence-corrected chi connectivity index (χ0v) is 15.6. The molecule has 1 aromatic heterocycles. The summed E-state index contributed by atoms with van der Waals surface area (Å²) >= 11 is 0. The molecule has 1 saturated heterocycles. The van der Waals surface area contributed by atoms with E-state index in [0.717, 1.165) is 25.9 Å². The molecule has 1 fully saturated rings. The standard InChI is InChI=1S/C21H23N3O3/c1-14-5-3-6-15(11-14)13-24-10-4-7-18(24)20(25)22-16-8-9-17-19(12-16)27-21(26)23(17)2/h3,5-6,8-9,11-12,18H,4,7,10,13H2,1-2H3,(H,22,25). The van der Waals surface area contributed by atoms with Crippen molar-refractivity contribution >= 4 is 22.7 Å². The highest BCUT2D eigenvalue weighted by Crippen LogP contribution is 2.23. The molecule has 2 heterocycles. The van der Waals surface area contributed by atoms with Crippen molar-refractivity contribution in [1.82, 2.24) is 9.47 Å². The predicted molar refractivity (Wildman–Crippen MR) is 105 cm³/mol. The van der Waals surface area contributed by atoms with E-state index in [4.69, 9.17) is 4.42 Å². The van der Waals surface area contributed by atoms with Gasteiger partial charge < -0.3 is 9.73 Å². The van der Waals surface area contributed by atoms with Gasteiger partial charge in [0.05, 0.1) is 11.6 Å². The van der Waals surface area contributed by atoms with Crippen molar-refractivity contribution in [2.24, 2.45) is 7.05 Å². The first kappa shape index (κ1) is 17.5. The minimum Gasteiger partial charge on any atom is -0.408 e. The number of amides is 1. The number of rotatable bonds is 4. The number of benzene rings is 2. The van der Waals surface area contributed by atoms with Gasteiger partial charge >= 0.3 is 5.76 Å². The van der Waals surface area contributed by atoms with Crippen LogP contribution >= 0.6 is 0 Å². The lowest BCUT2D eigenvalue weighted by atomic mass is 10.1. The summed E-state index contributed by atoms with van der Waals surface area (Å²) in [7, 11) is 1.66. The Morgan fingerprint density at radius 2 is 2.11 bits per heavy atom. The zero-order valence-electron chi connectivity index (χ0n) is 15.6. The number of aromatic nitrogens is 1. The topological polar surface area (TPSA) is 67.5 Å². The average molecular weight is 365 g/mol. The van der Waals surface area contributed by atoms with E-state index < -0.39 is 5.76 Å². The van der Waals surface area contributed by atoms with E-state index in [9.17, 15) is 9.59 Å². The highest BCUT2D eigenvalue weighted by Gasteiger charge is 2.30. The third kappa shape index (κ3) is 3.53. The van der Waals surface area contributed by atoms with Crippen molar-refractivity contribution in [3.8, 4) is 0 Å². The van der Waals surface area contributed by atoms with Crippen LogP contribution in [0.4, 0.5) is 5.69 Å². The lowest BCUT2D eigenvalue weighted by Gasteiger charge is -2.24. The summed E-state index contributed by atoms with van der Waals surface area (Å²) < 4.78 is 6.65. The van der Waals surface area contributed by atoms with Gasteiger partial charge in [-0.15, -0.1) is 0 Å². The van der Waals surface area contributed by atoms with Gasteiger partial charge in [-0.3, -0.25) is 14.3 Å². The van der Waals surface area contributed by atoms with Gasteiger partial charge in [0.2, 0.25) is 5.91 Å². The molecule has 0 radical (unpaired) electrons. The van der Waals surface area contributed by atoms with Gasteiger partial charge in [-0.25, -0.2) is 4.79 Å². The van der Waals surface area contributed by atoms with Gasteiger partial charge in [0.1, 0.15) is 0 Å². The Bertz CT molecular complexity index is 1050. The van der Waals surface area contributed by atoms with Crippen molar-refractivity contribution in [2.45, 2.75) is 32.4 Å². The minimum atomic E-state index is -0.409. The van der Waals surface area contributed by atoms with Gasteiger partial charge in [0, 0.05) is 25.3 Å². The lowest BCUT2D eigenvalue weighted by molar-refractivity contribution is -0.120. The number of anilines is 1. The van der Waals surface area contributed by atoms with E-state index in [1.165, 1.54) is 15.7 Å². The van der Waals surface area contributed by atoms with Crippen LogP contribution in [0, 0.1) is 6.92 Å². The van der Waals surface area contributed by atoms with Gasteiger partial charge in [0.15, 0.2) is 5.58 Å². The maximum absolute atomic E-state index is 12.8. The van der Waals surface area contributed by atoms with Gasteiger partial charge in [-0.05, 0) is 44.0 Å². The molecule has 0 aliphatic carbocycles. The Balaban J connectivity index is 1.49. The third-order valence-electron chi connectivity index (χ3n) is 5.19. The van der Waals surface area contributed by atoms with E-state index in [1.54, 1.807) is 25.2 Å². The SMILES string of the molecule is Cc1cccc(CN2CCCC2C(=O)Nc2ccc3c(c2)oc(=O)n3C)c1. The van der Waals surface area contributed by atoms with E-state index in [0.29, 0.717) is 16.8 Å². The minimum absolute atomic E-state index is 0.0159. The maximum Gasteiger partial charge on any atom is 0.419 e. The number of oxazole rings is 1. The van der Waals surface area contributed by atoms with Crippen molar-refractivity contribution in [1.29, 1.82) is 0 Å². The normalized spacial score (nSPS) is 17.5. The summed E-state index contributed by atoms with van der Waals surface area (Å²) in [5, 5.41) is 2.98. The molecule has 1 aliphatic heterocycles. The van der Waals surface area contributed by atoms with Crippen LogP contribution in [0.1, 0.15) is 24.0 Å². The maximum atomic E-state index is 12.8. The lowest BCUT2D eigenvalue weighted by Crippen LogP contribution is -2.39. The molecular weight excluding hydrogens is 342 g/mol. The first-order valence-electron chi connectivity index (χ1n) is 9.21. The summed E-state index contributed by atoms with van der Waals surface area (Å²) in [6, 6.07) is 13.5. The summed E-state index contributed by atoms with van der Waals surface area (Å²) in [4.78, 5) is 26.7. The summed E-state index contributed by atoms with van der Waals surface area (Å²) in [6.07, 6.45) is 1.86. The molecule has 0 saturated carbocycles. The molecule has 6 nitrogen and oxygen atoms in total. The molecule has 0 spiro atoms. The molecule has 140 valence electrons. The fourth-order valence-electron chi connectivity index (χ4n) is 3.79. The molecular formula is C21H23N3O3. The van der Waals surface area contributed by atoms with Crippen LogP contribution < -0.4 is 11.1 Å². The van der Waals surface area contributed by atoms with Crippen LogP contribution in [0.2, 0.25) is 0 Å². The number of aryl methyl sites for hydroxylation is 2. The second kappa shape index (κ2) is 7.04. The Labute approximate surface area is 157 Å². The number of carbonyl (C=O) groups is 1. The number of fused-ring (bicyclic) bond motifs is 1. The van der Waals surface area contributed by atoms with E-state index in [-0.39, 0.29) is 11.9 Å². The van der Waals surface area contributed by atoms with Crippen LogP contribution in [-0.2, 0) is 18.4 Å². The Hall–Kier alpha value is -2.86. The van der Waals surface area contributed by atoms with Crippen molar-refractivity contribution in [2.75, 3.05) is 11.9 Å². The molecule has 6 heteroatoms. The Kier molecular flexibility index (Phi) is 4.58. The van der Waals surface area contributed by atoms with Crippen molar-refractivity contribution in [3.63, 3.8) is 0 Å². The van der Waals surface area contributed by atoms with Crippen LogP contribution in [0.5, 0.6) is 0 Å². The highest BCUT2D eigenvalue weighted by molar-refractivity contribution is 5.96. The fraction of sp³-hybridized carbons (Fsp3) is 0.333. The van der Waals surface area contributed by atoms with Gasteiger partial charge in [-0.2, -0.15) is 0 Å². The molecule has 1 N–H and O–H groups in total. The van der Waals surface area contributed by atoms with Crippen molar-refractivity contribution in [3.05, 3.63) is 64.1 Å². The zero-order chi connectivity index (χ0) is 19.0. The molecule has 27 heavy (non-hydrogen) atoms. The first-order valence-corrected chi connectivity index (χ1v) is 9.21. The predicted octanol–water partition coefficient (Wildman–Crippen LogP) is 3.04. The number of nitrogens with one attached hydrogen (secondary N) is 1. The van der Waals surface area contributed by atoms with E-state index in [2.05, 4.69) is 41.4 Å². The summed E-state index contributed by atoms with van der Waals surface area (Å²) in [6.45, 7) is 3.76.